The molecule has 2 aromatic rings. The molecule has 1 heterocycles. The Kier molecular flexibility index (Phi) is 4.54. The Hall–Kier alpha value is -1.69. The fourth-order valence-electron chi connectivity index (χ4n) is 1.82. The van der Waals surface area contributed by atoms with Crippen LogP contribution in [0.4, 0.5) is 10.1 Å². The first-order valence-electron chi connectivity index (χ1n) is 6.20. The summed E-state index contributed by atoms with van der Waals surface area (Å²) < 4.78 is 15.6. The Morgan fingerprint density at radius 2 is 2.30 bits per heavy atom. The first-order chi connectivity index (χ1) is 9.45. The van der Waals surface area contributed by atoms with Crippen LogP contribution < -0.4 is 5.32 Å². The molecule has 1 N–H and O–H groups in total. The van der Waals surface area contributed by atoms with Crippen molar-refractivity contribution in [3.8, 4) is 0 Å². The van der Waals surface area contributed by atoms with E-state index in [4.69, 9.17) is 0 Å². The third-order valence-electron chi connectivity index (χ3n) is 2.96. The lowest BCUT2D eigenvalue weighted by atomic mass is 10.1. The van der Waals surface area contributed by atoms with Crippen LogP contribution in [-0.2, 0) is 11.3 Å². The highest BCUT2D eigenvalue weighted by atomic mass is 79.9. The van der Waals surface area contributed by atoms with Gasteiger partial charge in [0, 0.05) is 11.9 Å². The van der Waals surface area contributed by atoms with Crippen molar-refractivity contribution in [3.05, 3.63) is 46.4 Å². The lowest BCUT2D eigenvalue weighted by molar-refractivity contribution is -0.119. The lowest BCUT2D eigenvalue weighted by Crippen LogP contribution is -2.25. The number of carbonyl (C=O) groups excluding carboxylic acids is 1. The van der Waals surface area contributed by atoms with E-state index in [2.05, 4.69) is 26.3 Å². The summed E-state index contributed by atoms with van der Waals surface area (Å²) in [7, 11) is 0. The molecule has 4 nitrogen and oxygen atoms in total. The zero-order valence-corrected chi connectivity index (χ0v) is 12.8. The van der Waals surface area contributed by atoms with E-state index >= 15 is 0 Å². The molecule has 0 radical (unpaired) electrons. The van der Waals surface area contributed by atoms with Crippen LogP contribution >= 0.6 is 15.9 Å². The smallest absolute Gasteiger partial charge is 0.229 e. The maximum absolute atomic E-state index is 13.0. The summed E-state index contributed by atoms with van der Waals surface area (Å²) in [6, 6.07) is 4.29. The minimum Gasteiger partial charge on any atom is -0.326 e. The van der Waals surface area contributed by atoms with E-state index in [-0.39, 0.29) is 17.6 Å². The molecule has 1 unspecified atom stereocenters. The third kappa shape index (κ3) is 3.66. The molecule has 20 heavy (non-hydrogen) atoms. The fourth-order valence-corrected chi connectivity index (χ4v) is 2.15. The van der Waals surface area contributed by atoms with Crippen LogP contribution in [0.15, 0.2) is 35.1 Å². The van der Waals surface area contributed by atoms with Gasteiger partial charge >= 0.3 is 0 Å². The van der Waals surface area contributed by atoms with Gasteiger partial charge in [-0.2, -0.15) is 5.10 Å². The van der Waals surface area contributed by atoms with Gasteiger partial charge in [-0.15, -0.1) is 0 Å². The van der Waals surface area contributed by atoms with Crippen molar-refractivity contribution in [2.24, 2.45) is 5.92 Å². The maximum atomic E-state index is 13.0. The molecular weight excluding hydrogens is 325 g/mol. The largest absolute Gasteiger partial charge is 0.326 e. The predicted octanol–water partition coefficient (Wildman–Crippen LogP) is 3.37. The number of hydrogen-bond acceptors (Lipinski definition) is 2. The van der Waals surface area contributed by atoms with Gasteiger partial charge in [0.1, 0.15) is 5.82 Å². The van der Waals surface area contributed by atoms with Gasteiger partial charge < -0.3 is 5.32 Å². The van der Waals surface area contributed by atoms with Gasteiger partial charge in [0.2, 0.25) is 5.91 Å². The van der Waals surface area contributed by atoms with Gasteiger partial charge in [0.15, 0.2) is 0 Å². The van der Waals surface area contributed by atoms with E-state index in [1.165, 1.54) is 12.1 Å². The minimum absolute atomic E-state index is 0.119. The average molecular weight is 340 g/mol. The standard InChI is InChI=1S/C14H15BrFN3O/c1-9-5-12(16)3-4-13(9)18-14(20)10(2)7-19-8-11(15)6-17-19/h3-6,8,10H,7H2,1-2H3,(H,18,20). The van der Waals surface area contributed by atoms with Gasteiger partial charge in [-0.3, -0.25) is 9.48 Å². The zero-order chi connectivity index (χ0) is 14.7. The van der Waals surface area contributed by atoms with E-state index in [1.54, 1.807) is 23.9 Å². The lowest BCUT2D eigenvalue weighted by Gasteiger charge is -2.13. The van der Waals surface area contributed by atoms with Crippen LogP contribution in [0.2, 0.25) is 0 Å². The van der Waals surface area contributed by atoms with Crippen molar-refractivity contribution in [2.45, 2.75) is 20.4 Å². The summed E-state index contributed by atoms with van der Waals surface area (Å²) in [5.41, 5.74) is 1.33. The molecule has 0 fully saturated rings. The van der Waals surface area contributed by atoms with E-state index < -0.39 is 0 Å². The number of carbonyl (C=O) groups is 1. The number of aryl methyl sites for hydroxylation is 1. The summed E-state index contributed by atoms with van der Waals surface area (Å²) >= 11 is 3.31. The average Bonchev–Trinajstić information content (AvgIpc) is 2.78. The van der Waals surface area contributed by atoms with Gasteiger partial charge in [-0.05, 0) is 46.6 Å². The Morgan fingerprint density at radius 3 is 2.90 bits per heavy atom. The van der Waals surface area contributed by atoms with Crippen molar-refractivity contribution in [1.29, 1.82) is 0 Å². The van der Waals surface area contributed by atoms with Crippen LogP contribution in [0.1, 0.15) is 12.5 Å². The van der Waals surface area contributed by atoms with Crippen LogP contribution in [0, 0.1) is 18.7 Å². The predicted molar refractivity (Wildman–Crippen MR) is 78.9 cm³/mol. The molecule has 1 amide bonds. The summed E-state index contributed by atoms with van der Waals surface area (Å²) in [5.74, 6) is -0.674. The second-order valence-corrected chi connectivity index (χ2v) is 5.65. The molecule has 2 rings (SSSR count). The molecule has 106 valence electrons. The molecule has 0 spiro atoms. The molecular formula is C14H15BrFN3O. The number of benzene rings is 1. The van der Waals surface area contributed by atoms with Crippen LogP contribution in [0.3, 0.4) is 0 Å². The highest BCUT2D eigenvalue weighted by molar-refractivity contribution is 9.10. The number of rotatable bonds is 4. The van der Waals surface area contributed by atoms with Crippen molar-refractivity contribution >= 4 is 27.5 Å². The molecule has 0 saturated heterocycles. The first kappa shape index (κ1) is 14.7. The SMILES string of the molecule is Cc1cc(F)ccc1NC(=O)C(C)Cn1cc(Br)cn1. The van der Waals surface area contributed by atoms with Gasteiger partial charge in [0.05, 0.1) is 23.1 Å². The van der Waals surface area contributed by atoms with Crippen LogP contribution in [0.5, 0.6) is 0 Å². The zero-order valence-electron chi connectivity index (χ0n) is 11.2. The van der Waals surface area contributed by atoms with Crippen LogP contribution in [-0.4, -0.2) is 15.7 Å². The molecule has 0 aliphatic carbocycles. The van der Waals surface area contributed by atoms with Crippen LogP contribution in [0.25, 0.3) is 0 Å². The van der Waals surface area contributed by atoms with E-state index in [0.29, 0.717) is 17.8 Å². The number of aromatic nitrogens is 2. The molecule has 0 bridgehead atoms. The van der Waals surface area contributed by atoms with Crippen molar-refractivity contribution in [1.82, 2.24) is 9.78 Å². The summed E-state index contributed by atoms with van der Waals surface area (Å²) in [5, 5.41) is 6.92. The van der Waals surface area contributed by atoms with Crippen molar-refractivity contribution in [3.63, 3.8) is 0 Å². The van der Waals surface area contributed by atoms with E-state index in [0.717, 1.165) is 4.47 Å². The van der Waals surface area contributed by atoms with Gasteiger partial charge in [0.25, 0.3) is 0 Å². The summed E-state index contributed by atoms with van der Waals surface area (Å²) in [6.07, 6.45) is 3.49. The summed E-state index contributed by atoms with van der Waals surface area (Å²) in [6.45, 7) is 4.06. The fraction of sp³-hybridized carbons (Fsp3) is 0.286. The minimum atomic E-state index is -0.310. The molecule has 1 atom stereocenters. The number of nitrogens with one attached hydrogen (secondary N) is 1. The quantitative estimate of drug-likeness (QED) is 0.928. The number of anilines is 1. The highest BCUT2D eigenvalue weighted by Gasteiger charge is 2.15. The number of halogens is 2. The summed E-state index contributed by atoms with van der Waals surface area (Å²) in [4.78, 5) is 12.1. The Balaban J connectivity index is 2.00. The van der Waals surface area contributed by atoms with E-state index in [1.807, 2.05) is 13.1 Å². The van der Waals surface area contributed by atoms with E-state index in [9.17, 15) is 9.18 Å². The number of hydrogen-bond donors (Lipinski definition) is 1. The molecule has 1 aromatic heterocycles. The number of amides is 1. The Bertz CT molecular complexity index is 627. The number of nitrogens with zero attached hydrogens (tertiary/aromatic N) is 2. The van der Waals surface area contributed by atoms with Crippen molar-refractivity contribution in [2.75, 3.05) is 5.32 Å². The first-order valence-corrected chi connectivity index (χ1v) is 7.00. The van der Waals surface area contributed by atoms with Gasteiger partial charge in [-0.25, -0.2) is 4.39 Å². The molecule has 1 aromatic carbocycles. The Labute approximate surface area is 125 Å². The van der Waals surface area contributed by atoms with Crippen molar-refractivity contribution < 1.29 is 9.18 Å². The topological polar surface area (TPSA) is 46.9 Å². The second-order valence-electron chi connectivity index (χ2n) is 4.73. The maximum Gasteiger partial charge on any atom is 0.229 e. The molecule has 6 heteroatoms. The normalized spacial score (nSPS) is 12.2. The second kappa shape index (κ2) is 6.17. The molecule has 0 aliphatic heterocycles. The van der Waals surface area contributed by atoms with Gasteiger partial charge in [-0.1, -0.05) is 6.92 Å². The monoisotopic (exact) mass is 339 g/mol. The highest BCUT2D eigenvalue weighted by Crippen LogP contribution is 2.17. The molecule has 0 aliphatic rings. The Morgan fingerprint density at radius 1 is 1.55 bits per heavy atom. The third-order valence-corrected chi connectivity index (χ3v) is 3.37. The molecule has 0 saturated carbocycles.